The lowest BCUT2D eigenvalue weighted by atomic mass is 10.1. The SMILES string of the molecule is Clc1nnc(N2CCN(c3ccccc3)CC2)c2ccccc12. The predicted octanol–water partition coefficient (Wildman–Crippen LogP) is 3.61. The molecule has 0 atom stereocenters. The molecule has 5 heteroatoms. The summed E-state index contributed by atoms with van der Waals surface area (Å²) in [5.74, 6) is 0.928. The van der Waals surface area contributed by atoms with E-state index < -0.39 is 0 Å². The maximum absolute atomic E-state index is 6.17. The van der Waals surface area contributed by atoms with Crippen molar-refractivity contribution in [1.29, 1.82) is 0 Å². The Morgan fingerprint density at radius 3 is 2.04 bits per heavy atom. The maximum Gasteiger partial charge on any atom is 0.159 e. The highest BCUT2D eigenvalue weighted by atomic mass is 35.5. The fourth-order valence-corrected chi connectivity index (χ4v) is 3.31. The quantitative estimate of drug-likeness (QED) is 0.721. The van der Waals surface area contributed by atoms with Crippen molar-refractivity contribution in [3.05, 3.63) is 59.8 Å². The van der Waals surface area contributed by atoms with Crippen molar-refractivity contribution in [2.45, 2.75) is 0 Å². The van der Waals surface area contributed by atoms with Gasteiger partial charge in [0.1, 0.15) is 0 Å². The van der Waals surface area contributed by atoms with E-state index in [-0.39, 0.29) is 0 Å². The van der Waals surface area contributed by atoms with Gasteiger partial charge < -0.3 is 9.80 Å². The van der Waals surface area contributed by atoms with Crippen LogP contribution < -0.4 is 9.80 Å². The fourth-order valence-electron chi connectivity index (χ4n) is 3.11. The van der Waals surface area contributed by atoms with E-state index in [2.05, 4.69) is 56.4 Å². The van der Waals surface area contributed by atoms with Crippen LogP contribution in [-0.4, -0.2) is 36.4 Å². The molecule has 0 N–H and O–H groups in total. The van der Waals surface area contributed by atoms with E-state index in [1.165, 1.54) is 5.69 Å². The van der Waals surface area contributed by atoms with Crippen LogP contribution >= 0.6 is 11.6 Å². The van der Waals surface area contributed by atoms with E-state index in [4.69, 9.17) is 11.6 Å². The molecule has 0 radical (unpaired) electrons. The fraction of sp³-hybridized carbons (Fsp3) is 0.222. The zero-order valence-corrected chi connectivity index (χ0v) is 13.4. The average molecular weight is 325 g/mol. The minimum atomic E-state index is 0.465. The summed E-state index contributed by atoms with van der Waals surface area (Å²) < 4.78 is 0. The minimum absolute atomic E-state index is 0.465. The highest BCUT2D eigenvalue weighted by molar-refractivity contribution is 6.34. The van der Waals surface area contributed by atoms with Gasteiger partial charge in [0.2, 0.25) is 0 Å². The molecule has 0 saturated carbocycles. The molecular weight excluding hydrogens is 308 g/mol. The van der Waals surface area contributed by atoms with Crippen LogP contribution in [0.15, 0.2) is 54.6 Å². The van der Waals surface area contributed by atoms with Crippen LogP contribution in [0, 0.1) is 0 Å². The Labute approximate surface area is 140 Å². The van der Waals surface area contributed by atoms with E-state index in [9.17, 15) is 0 Å². The van der Waals surface area contributed by atoms with E-state index in [1.807, 2.05) is 18.2 Å². The van der Waals surface area contributed by atoms with Gasteiger partial charge in [-0.2, -0.15) is 0 Å². The monoisotopic (exact) mass is 324 g/mol. The average Bonchev–Trinajstić information content (AvgIpc) is 2.63. The molecule has 0 bridgehead atoms. The number of piperazine rings is 1. The third kappa shape index (κ3) is 2.70. The molecule has 1 saturated heterocycles. The summed E-state index contributed by atoms with van der Waals surface area (Å²) in [6.45, 7) is 3.80. The lowest BCUT2D eigenvalue weighted by Gasteiger charge is -2.36. The number of halogens is 1. The first kappa shape index (κ1) is 14.3. The molecule has 0 amide bonds. The second-order valence-corrected chi connectivity index (χ2v) is 6.03. The van der Waals surface area contributed by atoms with Crippen LogP contribution in [0.2, 0.25) is 5.15 Å². The van der Waals surface area contributed by atoms with Crippen molar-refractivity contribution < 1.29 is 0 Å². The van der Waals surface area contributed by atoms with Crippen molar-refractivity contribution >= 4 is 33.9 Å². The third-order valence-electron chi connectivity index (χ3n) is 4.32. The number of rotatable bonds is 2. The Bertz CT molecular complexity index is 814. The van der Waals surface area contributed by atoms with Crippen molar-refractivity contribution in [3.63, 3.8) is 0 Å². The first-order chi connectivity index (χ1) is 11.3. The lowest BCUT2D eigenvalue weighted by Crippen LogP contribution is -2.47. The number of hydrogen-bond acceptors (Lipinski definition) is 4. The predicted molar refractivity (Wildman–Crippen MR) is 95.4 cm³/mol. The lowest BCUT2D eigenvalue weighted by molar-refractivity contribution is 0.646. The number of para-hydroxylation sites is 1. The molecule has 4 nitrogen and oxygen atoms in total. The smallest absolute Gasteiger partial charge is 0.159 e. The third-order valence-corrected chi connectivity index (χ3v) is 4.60. The summed E-state index contributed by atoms with van der Waals surface area (Å²) in [5.41, 5.74) is 1.28. The van der Waals surface area contributed by atoms with E-state index in [0.29, 0.717) is 5.15 Å². The second-order valence-electron chi connectivity index (χ2n) is 5.67. The van der Waals surface area contributed by atoms with Crippen molar-refractivity contribution in [2.75, 3.05) is 36.0 Å². The molecule has 3 aromatic rings. The van der Waals surface area contributed by atoms with Crippen molar-refractivity contribution in [1.82, 2.24) is 10.2 Å². The zero-order valence-electron chi connectivity index (χ0n) is 12.7. The molecule has 0 aliphatic carbocycles. The molecule has 1 fully saturated rings. The summed E-state index contributed by atoms with van der Waals surface area (Å²) in [6.07, 6.45) is 0. The van der Waals surface area contributed by atoms with Gasteiger partial charge in [0, 0.05) is 42.6 Å². The number of fused-ring (bicyclic) bond motifs is 1. The van der Waals surface area contributed by atoms with Crippen LogP contribution in [0.4, 0.5) is 11.5 Å². The number of benzene rings is 2. The molecule has 1 aliphatic heterocycles. The summed E-state index contributed by atoms with van der Waals surface area (Å²) >= 11 is 6.17. The molecule has 2 aromatic carbocycles. The van der Waals surface area contributed by atoms with E-state index in [1.54, 1.807) is 0 Å². The Balaban J connectivity index is 1.58. The molecular formula is C18H17ClN4. The van der Waals surface area contributed by atoms with E-state index in [0.717, 1.165) is 42.8 Å². The molecule has 4 rings (SSSR count). The van der Waals surface area contributed by atoms with Crippen LogP contribution in [0.25, 0.3) is 10.8 Å². The molecule has 1 aromatic heterocycles. The minimum Gasteiger partial charge on any atom is -0.368 e. The standard InChI is InChI=1S/C18H17ClN4/c19-17-15-8-4-5-9-16(15)18(21-20-17)23-12-10-22(11-13-23)14-6-2-1-3-7-14/h1-9H,10-13H2. The number of aromatic nitrogens is 2. The Hall–Kier alpha value is -2.33. The molecule has 116 valence electrons. The van der Waals surface area contributed by atoms with Gasteiger partial charge in [0.15, 0.2) is 11.0 Å². The summed E-state index contributed by atoms with van der Waals surface area (Å²) in [6, 6.07) is 18.6. The summed E-state index contributed by atoms with van der Waals surface area (Å²) in [7, 11) is 0. The van der Waals surface area contributed by atoms with Crippen LogP contribution in [0.1, 0.15) is 0 Å². The second kappa shape index (κ2) is 6.05. The Kier molecular flexibility index (Phi) is 3.75. The molecule has 0 unspecified atom stereocenters. The van der Waals surface area contributed by atoms with Crippen molar-refractivity contribution in [3.8, 4) is 0 Å². The Morgan fingerprint density at radius 2 is 1.30 bits per heavy atom. The summed E-state index contributed by atoms with van der Waals surface area (Å²) in [4.78, 5) is 4.70. The van der Waals surface area contributed by atoms with Crippen LogP contribution in [-0.2, 0) is 0 Å². The van der Waals surface area contributed by atoms with Gasteiger partial charge >= 0.3 is 0 Å². The van der Waals surface area contributed by atoms with Gasteiger partial charge in [-0.1, -0.05) is 54.1 Å². The maximum atomic E-state index is 6.17. The summed E-state index contributed by atoms with van der Waals surface area (Å²) in [5, 5.41) is 11.0. The van der Waals surface area contributed by atoms with Gasteiger partial charge in [0.05, 0.1) is 0 Å². The van der Waals surface area contributed by atoms with Crippen LogP contribution in [0.3, 0.4) is 0 Å². The normalized spacial score (nSPS) is 15.2. The first-order valence-corrected chi connectivity index (χ1v) is 8.16. The highest BCUT2D eigenvalue weighted by Gasteiger charge is 2.20. The zero-order chi connectivity index (χ0) is 15.6. The first-order valence-electron chi connectivity index (χ1n) is 7.79. The largest absolute Gasteiger partial charge is 0.368 e. The van der Waals surface area contributed by atoms with Gasteiger partial charge in [0.25, 0.3) is 0 Å². The van der Waals surface area contributed by atoms with Gasteiger partial charge in [-0.3, -0.25) is 0 Å². The molecule has 2 heterocycles. The topological polar surface area (TPSA) is 32.3 Å². The molecule has 0 spiro atoms. The Morgan fingerprint density at radius 1 is 0.696 bits per heavy atom. The van der Waals surface area contributed by atoms with Gasteiger partial charge in [-0.15, -0.1) is 10.2 Å². The molecule has 23 heavy (non-hydrogen) atoms. The van der Waals surface area contributed by atoms with Gasteiger partial charge in [-0.25, -0.2) is 0 Å². The van der Waals surface area contributed by atoms with Crippen molar-refractivity contribution in [2.24, 2.45) is 0 Å². The highest BCUT2D eigenvalue weighted by Crippen LogP contribution is 2.29. The van der Waals surface area contributed by atoms with Gasteiger partial charge in [-0.05, 0) is 12.1 Å². The van der Waals surface area contributed by atoms with E-state index >= 15 is 0 Å². The number of nitrogens with zero attached hydrogens (tertiary/aromatic N) is 4. The molecule has 1 aliphatic rings. The number of hydrogen-bond donors (Lipinski definition) is 0. The number of anilines is 2. The van der Waals surface area contributed by atoms with Crippen LogP contribution in [0.5, 0.6) is 0 Å².